The monoisotopic (exact) mass is 592 g/mol. The van der Waals surface area contributed by atoms with Gasteiger partial charge in [0, 0.05) is 49.5 Å². The molecule has 2 aromatic carbocycles. The molecule has 2 amide bonds. The van der Waals surface area contributed by atoms with Crippen LogP contribution < -0.4 is 32.1 Å². The first kappa shape index (κ1) is 31.2. The molecule has 1 aromatic heterocycles. The SMILES string of the molecule is Cc1ccc(C(=O)Nc2ccc(N(C)CCN(C)C)c(C(F)(F)F)c2)cc1N(N)/C=C(\N)c1cnc(NC(=O)O)s1. The number of nitrogens with one attached hydrogen (secondary N) is 2. The van der Waals surface area contributed by atoms with Gasteiger partial charge in [-0.2, -0.15) is 13.2 Å². The molecule has 7 N–H and O–H groups in total. The summed E-state index contributed by atoms with van der Waals surface area (Å²) in [5, 5.41) is 14.8. The summed E-state index contributed by atoms with van der Waals surface area (Å²) in [6.45, 7) is 2.70. The van der Waals surface area contributed by atoms with Crippen molar-refractivity contribution >= 4 is 51.2 Å². The summed E-state index contributed by atoms with van der Waals surface area (Å²) in [6.07, 6.45) is -3.14. The van der Waals surface area contributed by atoms with Crippen LogP contribution in [0.1, 0.15) is 26.4 Å². The topological polar surface area (TPSA) is 153 Å². The number of benzene rings is 2. The van der Waals surface area contributed by atoms with Gasteiger partial charge in [-0.3, -0.25) is 15.1 Å². The van der Waals surface area contributed by atoms with Crippen molar-refractivity contribution in [3.63, 3.8) is 0 Å². The van der Waals surface area contributed by atoms with Gasteiger partial charge in [0.05, 0.1) is 21.8 Å². The summed E-state index contributed by atoms with van der Waals surface area (Å²) in [4.78, 5) is 31.6. The molecular formula is C26H31F3N8O3S. The quantitative estimate of drug-likeness (QED) is 0.170. The van der Waals surface area contributed by atoms with E-state index in [2.05, 4.69) is 15.6 Å². The summed E-state index contributed by atoms with van der Waals surface area (Å²) >= 11 is 1.00. The highest BCUT2D eigenvalue weighted by molar-refractivity contribution is 7.16. The zero-order valence-corrected chi connectivity index (χ0v) is 23.6. The zero-order valence-electron chi connectivity index (χ0n) is 22.8. The van der Waals surface area contributed by atoms with Crippen LogP contribution in [0.4, 0.5) is 40.2 Å². The molecule has 15 heteroatoms. The van der Waals surface area contributed by atoms with Gasteiger partial charge in [-0.25, -0.2) is 15.6 Å². The van der Waals surface area contributed by atoms with E-state index < -0.39 is 23.7 Å². The van der Waals surface area contributed by atoms with Crippen molar-refractivity contribution < 1.29 is 27.9 Å². The van der Waals surface area contributed by atoms with Crippen molar-refractivity contribution in [2.24, 2.45) is 11.6 Å². The molecular weight excluding hydrogens is 561 g/mol. The summed E-state index contributed by atoms with van der Waals surface area (Å²) in [7, 11) is 5.25. The number of hydrazine groups is 1. The van der Waals surface area contributed by atoms with Crippen LogP contribution in [0.5, 0.6) is 0 Å². The van der Waals surface area contributed by atoms with Gasteiger partial charge in [-0.1, -0.05) is 17.4 Å². The van der Waals surface area contributed by atoms with E-state index in [1.807, 2.05) is 19.0 Å². The van der Waals surface area contributed by atoms with Crippen LogP contribution >= 0.6 is 11.3 Å². The van der Waals surface area contributed by atoms with Crippen LogP contribution in [0.3, 0.4) is 0 Å². The second-order valence-electron chi connectivity index (χ2n) is 9.36. The molecule has 0 aliphatic heterocycles. The number of thiazole rings is 1. The van der Waals surface area contributed by atoms with Crippen molar-refractivity contribution in [2.45, 2.75) is 13.1 Å². The highest BCUT2D eigenvalue weighted by atomic mass is 32.1. The fourth-order valence-corrected chi connectivity index (χ4v) is 4.44. The number of nitrogens with zero attached hydrogens (tertiary/aromatic N) is 4. The smallest absolute Gasteiger partial charge is 0.418 e. The third-order valence-electron chi connectivity index (χ3n) is 5.89. The lowest BCUT2D eigenvalue weighted by Gasteiger charge is -2.25. The second-order valence-corrected chi connectivity index (χ2v) is 10.4. The van der Waals surface area contributed by atoms with E-state index >= 15 is 0 Å². The zero-order chi connectivity index (χ0) is 30.5. The number of likely N-dealkylation sites (N-methyl/N-ethyl adjacent to an activating group) is 2. The molecule has 1 heterocycles. The number of rotatable bonds is 10. The van der Waals surface area contributed by atoms with Gasteiger partial charge >= 0.3 is 12.3 Å². The Hall–Kier alpha value is -4.34. The molecule has 220 valence electrons. The lowest BCUT2D eigenvalue weighted by atomic mass is 10.1. The summed E-state index contributed by atoms with van der Waals surface area (Å²) in [6, 6.07) is 8.31. The van der Waals surface area contributed by atoms with Gasteiger partial charge in [0.25, 0.3) is 5.91 Å². The number of halogens is 3. The molecule has 0 aliphatic rings. The molecule has 0 bridgehead atoms. The Balaban J connectivity index is 1.82. The molecule has 0 aliphatic carbocycles. The largest absolute Gasteiger partial charge is 0.465 e. The maximum Gasteiger partial charge on any atom is 0.418 e. The molecule has 0 unspecified atom stereocenters. The average Bonchev–Trinajstić information content (AvgIpc) is 3.34. The minimum absolute atomic E-state index is 0.00456. The molecule has 0 radical (unpaired) electrons. The van der Waals surface area contributed by atoms with Crippen molar-refractivity contribution in [2.75, 3.05) is 54.8 Å². The van der Waals surface area contributed by atoms with Gasteiger partial charge < -0.3 is 26.0 Å². The van der Waals surface area contributed by atoms with E-state index in [1.165, 1.54) is 46.6 Å². The minimum atomic E-state index is -4.63. The first-order valence-electron chi connectivity index (χ1n) is 12.1. The molecule has 0 atom stereocenters. The number of amides is 2. The lowest BCUT2D eigenvalue weighted by Crippen LogP contribution is -2.30. The summed E-state index contributed by atoms with van der Waals surface area (Å²) in [5.41, 5.74) is 6.67. The van der Waals surface area contributed by atoms with Crippen LogP contribution in [0.25, 0.3) is 5.70 Å². The van der Waals surface area contributed by atoms with Crippen LogP contribution in [0.2, 0.25) is 0 Å². The first-order chi connectivity index (χ1) is 19.1. The number of anilines is 4. The van der Waals surface area contributed by atoms with E-state index in [9.17, 15) is 22.8 Å². The van der Waals surface area contributed by atoms with Gasteiger partial charge in [0.1, 0.15) is 0 Å². The molecule has 0 saturated carbocycles. The predicted molar refractivity (Wildman–Crippen MR) is 155 cm³/mol. The van der Waals surface area contributed by atoms with Crippen molar-refractivity contribution in [1.29, 1.82) is 0 Å². The third kappa shape index (κ3) is 8.33. The number of hydrogen-bond donors (Lipinski definition) is 5. The molecule has 3 rings (SSSR count). The molecule has 11 nitrogen and oxygen atoms in total. The lowest BCUT2D eigenvalue weighted by molar-refractivity contribution is -0.137. The number of hydrogen-bond acceptors (Lipinski definition) is 9. The average molecular weight is 593 g/mol. The summed E-state index contributed by atoms with van der Waals surface area (Å²) in [5.74, 6) is 5.55. The van der Waals surface area contributed by atoms with E-state index in [1.54, 1.807) is 20.0 Å². The van der Waals surface area contributed by atoms with Crippen LogP contribution in [0.15, 0.2) is 48.8 Å². The van der Waals surface area contributed by atoms with E-state index in [0.29, 0.717) is 29.2 Å². The fraction of sp³-hybridized carbons (Fsp3) is 0.269. The minimum Gasteiger partial charge on any atom is -0.465 e. The Labute approximate surface area is 238 Å². The fourth-order valence-electron chi connectivity index (χ4n) is 3.72. The molecule has 0 saturated heterocycles. The molecule has 41 heavy (non-hydrogen) atoms. The van der Waals surface area contributed by atoms with Gasteiger partial charge in [0.2, 0.25) is 0 Å². The number of carbonyl (C=O) groups excluding carboxylic acids is 1. The Kier molecular flexibility index (Phi) is 9.80. The highest BCUT2D eigenvalue weighted by Crippen LogP contribution is 2.38. The Morgan fingerprint density at radius 2 is 1.78 bits per heavy atom. The van der Waals surface area contributed by atoms with Crippen LogP contribution in [-0.2, 0) is 6.18 Å². The van der Waals surface area contributed by atoms with Crippen LogP contribution in [0, 0.1) is 6.92 Å². The van der Waals surface area contributed by atoms with Crippen molar-refractivity contribution in [3.05, 3.63) is 70.4 Å². The molecule has 3 aromatic rings. The summed E-state index contributed by atoms with van der Waals surface area (Å²) < 4.78 is 41.7. The van der Waals surface area contributed by atoms with E-state index in [-0.39, 0.29) is 27.8 Å². The van der Waals surface area contributed by atoms with Crippen molar-refractivity contribution in [1.82, 2.24) is 9.88 Å². The maximum atomic E-state index is 13.9. The molecule has 0 fully saturated rings. The van der Waals surface area contributed by atoms with Crippen LogP contribution in [-0.4, -0.2) is 61.2 Å². The Bertz CT molecular complexity index is 1440. The third-order valence-corrected chi connectivity index (χ3v) is 6.85. The maximum absolute atomic E-state index is 13.9. The Morgan fingerprint density at radius 1 is 1.07 bits per heavy atom. The van der Waals surface area contributed by atoms with Gasteiger partial charge in [0.15, 0.2) is 5.13 Å². The van der Waals surface area contributed by atoms with E-state index in [4.69, 9.17) is 16.7 Å². The first-order valence-corrected chi connectivity index (χ1v) is 12.9. The number of aromatic nitrogens is 1. The number of nitrogens with two attached hydrogens (primary N) is 2. The standard InChI is InChI=1S/C26H31F3N8O3S/c1-15-5-6-16(11-21(15)37(31)14-19(30)22-13-32-24(41-22)34-25(39)40)23(38)33-17-7-8-20(18(12-17)26(27,28)29)36(4)10-9-35(2)3/h5-8,11-14H,9-10,30-31H2,1-4H3,(H,32,34)(H,33,38)(H,39,40)/b19-14-. The highest BCUT2D eigenvalue weighted by Gasteiger charge is 2.35. The van der Waals surface area contributed by atoms with E-state index in [0.717, 1.165) is 17.4 Å². The Morgan fingerprint density at radius 3 is 2.41 bits per heavy atom. The number of aryl methyl sites for hydroxylation is 1. The number of alkyl halides is 3. The van der Waals surface area contributed by atoms with Gasteiger partial charge in [-0.05, 0) is 56.9 Å². The van der Waals surface area contributed by atoms with Gasteiger partial charge in [-0.15, -0.1) is 0 Å². The number of carboxylic acid groups (broad SMARTS) is 1. The van der Waals surface area contributed by atoms with Crippen molar-refractivity contribution in [3.8, 4) is 0 Å². The second kappa shape index (κ2) is 12.9. The number of carbonyl (C=O) groups is 2. The normalized spacial score (nSPS) is 11.9. The predicted octanol–water partition coefficient (Wildman–Crippen LogP) is 4.45. The molecule has 0 spiro atoms.